The zero-order valence-corrected chi connectivity index (χ0v) is 31.6. The number of ether oxygens (including phenoxy) is 2. The average Bonchev–Trinajstić information content (AvgIpc) is 3.18. The van der Waals surface area contributed by atoms with Gasteiger partial charge >= 0.3 is 6.09 Å². The molecule has 0 bridgehead atoms. The number of carbonyl (C=O) groups excluding carboxylic acids is 2. The standard InChI is InChI=1S/C45H49N3O4S/c1-44(2,3)52-43(50)47-48(40-29-28-35-20-16-27-39(41(35)51-40)42(49)46-31-30-34-18-8-4-9-19-34)32-17-33-53-45(36-21-10-5-11-22-36,37-23-12-6-13-24-37)38-25-14-7-15-26-38/h4-16,18-27,40H,17,28-33H2,1-3H3,(H,46,49)(H,47,50)/t40-/m1/s1. The largest absolute Gasteiger partial charge is 0.472 e. The predicted octanol–water partition coefficient (Wildman–Crippen LogP) is 9.17. The van der Waals surface area contributed by atoms with E-state index in [4.69, 9.17) is 9.47 Å². The van der Waals surface area contributed by atoms with Gasteiger partial charge in [0.25, 0.3) is 5.91 Å². The number of amides is 2. The van der Waals surface area contributed by atoms with Crippen LogP contribution in [0, 0.1) is 0 Å². The highest BCUT2D eigenvalue weighted by molar-refractivity contribution is 8.00. The van der Waals surface area contributed by atoms with Crippen molar-refractivity contribution >= 4 is 23.8 Å². The lowest BCUT2D eigenvalue weighted by atomic mass is 9.84. The van der Waals surface area contributed by atoms with Gasteiger partial charge in [0.15, 0.2) is 6.23 Å². The number of nitrogens with zero attached hydrogens (tertiary/aromatic N) is 1. The summed E-state index contributed by atoms with van der Waals surface area (Å²) in [5.41, 5.74) is 8.57. The normalized spacial score (nSPS) is 14.2. The number of nitrogens with one attached hydrogen (secondary N) is 2. The van der Waals surface area contributed by atoms with Crippen molar-refractivity contribution in [3.05, 3.63) is 173 Å². The third-order valence-corrected chi connectivity index (χ3v) is 10.8. The van der Waals surface area contributed by atoms with Crippen LogP contribution in [-0.2, 0) is 22.3 Å². The highest BCUT2D eigenvalue weighted by atomic mass is 32.2. The molecule has 1 atom stereocenters. The summed E-state index contributed by atoms with van der Waals surface area (Å²) in [5, 5.41) is 4.92. The van der Waals surface area contributed by atoms with Gasteiger partial charge in [0.2, 0.25) is 0 Å². The highest BCUT2D eigenvalue weighted by Gasteiger charge is 2.37. The number of carbonyl (C=O) groups is 2. The van der Waals surface area contributed by atoms with Crippen LogP contribution >= 0.6 is 11.8 Å². The van der Waals surface area contributed by atoms with Crippen molar-refractivity contribution < 1.29 is 19.1 Å². The Bertz CT molecular complexity index is 1820. The summed E-state index contributed by atoms with van der Waals surface area (Å²) in [7, 11) is 0. The van der Waals surface area contributed by atoms with Gasteiger partial charge in [0, 0.05) is 19.5 Å². The molecule has 0 unspecified atom stereocenters. The SMILES string of the molecule is CC(C)(C)OC(=O)NN(CCCSC(c1ccccc1)(c1ccccc1)c1ccccc1)[C@H]1CCc2cccc(C(=O)NCCc3ccccc3)c2O1. The van der Waals surface area contributed by atoms with Gasteiger partial charge in [-0.15, -0.1) is 11.8 Å². The lowest BCUT2D eigenvalue weighted by Gasteiger charge is -2.37. The minimum absolute atomic E-state index is 0.180. The molecule has 1 aliphatic heterocycles. The second-order valence-corrected chi connectivity index (χ2v) is 15.5. The molecule has 0 spiro atoms. The van der Waals surface area contributed by atoms with Gasteiger partial charge in [-0.3, -0.25) is 10.2 Å². The van der Waals surface area contributed by atoms with Gasteiger partial charge in [-0.05, 0) is 79.7 Å². The van der Waals surface area contributed by atoms with Crippen LogP contribution in [0.3, 0.4) is 0 Å². The van der Waals surface area contributed by atoms with E-state index < -0.39 is 22.7 Å². The molecule has 0 radical (unpaired) electrons. The highest BCUT2D eigenvalue weighted by Crippen LogP contribution is 2.48. The van der Waals surface area contributed by atoms with E-state index in [9.17, 15) is 9.59 Å². The van der Waals surface area contributed by atoms with E-state index in [1.54, 1.807) is 6.07 Å². The molecule has 8 heteroatoms. The Morgan fingerprint density at radius 2 is 1.34 bits per heavy atom. The number of hydrazine groups is 1. The molecule has 0 saturated carbocycles. The lowest BCUT2D eigenvalue weighted by molar-refractivity contribution is -0.0367. The number of benzene rings is 5. The monoisotopic (exact) mass is 727 g/mol. The third kappa shape index (κ3) is 9.69. The van der Waals surface area contributed by atoms with E-state index in [0.717, 1.165) is 29.7 Å². The fourth-order valence-corrected chi connectivity index (χ4v) is 8.26. The van der Waals surface area contributed by atoms with Gasteiger partial charge in [-0.25, -0.2) is 4.79 Å². The van der Waals surface area contributed by atoms with Crippen LogP contribution in [0.5, 0.6) is 5.75 Å². The fourth-order valence-electron chi connectivity index (χ4n) is 6.77. The molecule has 0 fully saturated rings. The number of hydrogen-bond donors (Lipinski definition) is 2. The maximum absolute atomic E-state index is 13.5. The van der Waals surface area contributed by atoms with E-state index in [1.165, 1.54) is 16.7 Å². The summed E-state index contributed by atoms with van der Waals surface area (Å²) in [5.74, 6) is 1.16. The first kappa shape index (κ1) is 37.7. The quantitative estimate of drug-likeness (QED) is 0.0675. The number of rotatable bonds is 14. The summed E-state index contributed by atoms with van der Waals surface area (Å²) < 4.78 is 11.9. The molecule has 5 aromatic carbocycles. The molecule has 0 aliphatic carbocycles. The molecule has 7 nitrogen and oxygen atoms in total. The number of aryl methyl sites for hydroxylation is 1. The molecule has 5 aromatic rings. The summed E-state index contributed by atoms with van der Waals surface area (Å²) in [6, 6.07) is 47.7. The van der Waals surface area contributed by atoms with Crippen LogP contribution in [0.2, 0.25) is 0 Å². The summed E-state index contributed by atoms with van der Waals surface area (Å²) in [4.78, 5) is 26.7. The van der Waals surface area contributed by atoms with Crippen molar-refractivity contribution in [3.63, 3.8) is 0 Å². The Labute approximate surface area is 318 Å². The molecular weight excluding hydrogens is 679 g/mol. The van der Waals surface area contributed by atoms with Crippen molar-refractivity contribution in [1.82, 2.24) is 15.8 Å². The molecule has 53 heavy (non-hydrogen) atoms. The van der Waals surface area contributed by atoms with Gasteiger partial charge in [-0.1, -0.05) is 133 Å². The zero-order chi connectivity index (χ0) is 37.1. The van der Waals surface area contributed by atoms with E-state index in [1.807, 2.05) is 67.9 Å². The zero-order valence-electron chi connectivity index (χ0n) is 30.8. The van der Waals surface area contributed by atoms with Crippen LogP contribution in [0.15, 0.2) is 140 Å². The Kier molecular flexibility index (Phi) is 12.6. The van der Waals surface area contributed by atoms with Gasteiger partial charge in [0.1, 0.15) is 11.4 Å². The number of fused-ring (bicyclic) bond motifs is 1. The van der Waals surface area contributed by atoms with Crippen LogP contribution in [0.4, 0.5) is 4.79 Å². The smallest absolute Gasteiger partial charge is 0.422 e. The second-order valence-electron chi connectivity index (χ2n) is 14.2. The van der Waals surface area contributed by atoms with Crippen LogP contribution in [0.25, 0.3) is 0 Å². The van der Waals surface area contributed by atoms with Gasteiger partial charge in [-0.2, -0.15) is 5.01 Å². The van der Waals surface area contributed by atoms with Crippen LogP contribution < -0.4 is 15.5 Å². The number of para-hydroxylation sites is 1. The van der Waals surface area contributed by atoms with Crippen LogP contribution in [-0.4, -0.2) is 47.7 Å². The van der Waals surface area contributed by atoms with E-state index in [2.05, 4.69) is 114 Å². The van der Waals surface area contributed by atoms with Crippen molar-refractivity contribution in [1.29, 1.82) is 0 Å². The predicted molar refractivity (Wildman–Crippen MR) is 214 cm³/mol. The number of hydrogen-bond acceptors (Lipinski definition) is 6. The molecule has 0 saturated heterocycles. The molecule has 6 rings (SSSR count). The first-order chi connectivity index (χ1) is 25.7. The van der Waals surface area contributed by atoms with Crippen molar-refractivity contribution in [2.75, 3.05) is 18.8 Å². The average molecular weight is 728 g/mol. The van der Waals surface area contributed by atoms with Gasteiger partial charge < -0.3 is 14.8 Å². The number of thioether (sulfide) groups is 1. The first-order valence-electron chi connectivity index (χ1n) is 18.4. The molecule has 2 N–H and O–H groups in total. The maximum Gasteiger partial charge on any atom is 0.422 e. The Hall–Kier alpha value is -5.05. The topological polar surface area (TPSA) is 79.9 Å². The first-order valence-corrected chi connectivity index (χ1v) is 19.4. The van der Waals surface area contributed by atoms with E-state index in [0.29, 0.717) is 37.2 Å². The molecule has 274 valence electrons. The fraction of sp³-hybridized carbons (Fsp3) is 0.289. The Balaban J connectivity index is 1.21. The summed E-state index contributed by atoms with van der Waals surface area (Å²) in [6.45, 7) is 6.56. The summed E-state index contributed by atoms with van der Waals surface area (Å²) >= 11 is 1.88. The third-order valence-electron chi connectivity index (χ3n) is 9.18. The summed E-state index contributed by atoms with van der Waals surface area (Å²) in [6.07, 6.45) is 1.77. The minimum Gasteiger partial charge on any atom is -0.472 e. The Morgan fingerprint density at radius 1 is 0.774 bits per heavy atom. The second kappa shape index (κ2) is 17.6. The molecule has 0 aromatic heterocycles. The van der Waals surface area contributed by atoms with Crippen LogP contribution in [0.1, 0.15) is 71.8 Å². The van der Waals surface area contributed by atoms with Gasteiger partial charge in [0.05, 0.1) is 10.3 Å². The van der Waals surface area contributed by atoms with Crippen molar-refractivity contribution in [3.8, 4) is 5.75 Å². The van der Waals surface area contributed by atoms with E-state index >= 15 is 0 Å². The molecule has 1 aliphatic rings. The molecule has 2 amide bonds. The van der Waals surface area contributed by atoms with Crippen molar-refractivity contribution in [2.45, 2.75) is 63.0 Å². The minimum atomic E-state index is -0.669. The maximum atomic E-state index is 13.5. The Morgan fingerprint density at radius 3 is 1.91 bits per heavy atom. The van der Waals surface area contributed by atoms with Crippen molar-refractivity contribution in [2.24, 2.45) is 0 Å². The lowest BCUT2D eigenvalue weighted by Crippen LogP contribution is -2.53. The molecular formula is C45H49N3O4S. The molecule has 1 heterocycles. The van der Waals surface area contributed by atoms with E-state index in [-0.39, 0.29) is 5.91 Å².